The standard InChI is InChI=1S/C10H17N3O/c1-2-11-5-6-12-7-8-13(10(12)14)9-3-4-9/h7-9,11H,2-6H2,1H3. The van der Waals surface area contributed by atoms with E-state index >= 15 is 0 Å². The summed E-state index contributed by atoms with van der Waals surface area (Å²) in [7, 11) is 0. The van der Waals surface area contributed by atoms with E-state index in [1.54, 1.807) is 4.57 Å². The van der Waals surface area contributed by atoms with Gasteiger partial charge in [0, 0.05) is 31.5 Å². The summed E-state index contributed by atoms with van der Waals surface area (Å²) < 4.78 is 3.63. The van der Waals surface area contributed by atoms with Crippen LogP contribution in [0.15, 0.2) is 17.2 Å². The number of hydrogen-bond acceptors (Lipinski definition) is 2. The van der Waals surface area contributed by atoms with Gasteiger partial charge in [0.15, 0.2) is 0 Å². The molecule has 2 rings (SSSR count). The molecule has 4 heteroatoms. The third-order valence-corrected chi connectivity index (χ3v) is 2.59. The van der Waals surface area contributed by atoms with Gasteiger partial charge in [0.2, 0.25) is 0 Å². The number of aromatic nitrogens is 2. The van der Waals surface area contributed by atoms with Crippen molar-refractivity contribution in [3.05, 3.63) is 22.9 Å². The van der Waals surface area contributed by atoms with Gasteiger partial charge in [0.1, 0.15) is 0 Å². The Morgan fingerprint density at radius 3 is 2.93 bits per heavy atom. The van der Waals surface area contributed by atoms with Crippen molar-refractivity contribution in [2.24, 2.45) is 0 Å². The molecular weight excluding hydrogens is 178 g/mol. The average molecular weight is 195 g/mol. The van der Waals surface area contributed by atoms with Crippen molar-refractivity contribution in [2.45, 2.75) is 32.4 Å². The maximum absolute atomic E-state index is 11.7. The molecule has 0 aliphatic heterocycles. The number of nitrogens with zero attached hydrogens (tertiary/aromatic N) is 2. The summed E-state index contributed by atoms with van der Waals surface area (Å²) in [5.41, 5.74) is 0.144. The van der Waals surface area contributed by atoms with Gasteiger partial charge in [0.05, 0.1) is 0 Å². The fourth-order valence-corrected chi connectivity index (χ4v) is 1.61. The van der Waals surface area contributed by atoms with Gasteiger partial charge in [-0.05, 0) is 19.4 Å². The molecule has 0 saturated heterocycles. The zero-order valence-electron chi connectivity index (χ0n) is 8.57. The van der Waals surface area contributed by atoms with E-state index in [0.717, 1.165) is 32.5 Å². The van der Waals surface area contributed by atoms with Gasteiger partial charge in [-0.1, -0.05) is 6.92 Å². The number of imidazole rings is 1. The zero-order valence-corrected chi connectivity index (χ0v) is 8.57. The second kappa shape index (κ2) is 4.00. The van der Waals surface area contributed by atoms with Crippen LogP contribution in [-0.4, -0.2) is 22.2 Å². The molecule has 0 radical (unpaired) electrons. The molecule has 0 bridgehead atoms. The monoisotopic (exact) mass is 195 g/mol. The highest BCUT2D eigenvalue weighted by Gasteiger charge is 2.25. The van der Waals surface area contributed by atoms with Crippen LogP contribution in [0, 0.1) is 0 Å². The number of likely N-dealkylation sites (N-methyl/N-ethyl adjacent to an activating group) is 1. The van der Waals surface area contributed by atoms with Crippen LogP contribution in [0.3, 0.4) is 0 Å². The zero-order chi connectivity index (χ0) is 9.97. The smallest absolute Gasteiger partial charge is 0.315 e. The lowest BCUT2D eigenvalue weighted by molar-refractivity contribution is 0.578. The maximum Gasteiger partial charge on any atom is 0.328 e. The van der Waals surface area contributed by atoms with E-state index in [2.05, 4.69) is 12.2 Å². The van der Waals surface area contributed by atoms with Gasteiger partial charge in [-0.2, -0.15) is 0 Å². The van der Waals surface area contributed by atoms with Crippen LogP contribution in [-0.2, 0) is 6.54 Å². The first-order valence-electron chi connectivity index (χ1n) is 5.31. The molecule has 1 N–H and O–H groups in total. The van der Waals surface area contributed by atoms with Crippen molar-refractivity contribution in [1.29, 1.82) is 0 Å². The molecule has 0 aromatic carbocycles. The third kappa shape index (κ3) is 1.90. The van der Waals surface area contributed by atoms with Gasteiger partial charge in [-0.15, -0.1) is 0 Å². The number of nitrogens with one attached hydrogen (secondary N) is 1. The minimum absolute atomic E-state index is 0.144. The number of rotatable bonds is 5. The predicted octanol–water partition coefficient (Wildman–Crippen LogP) is 0.594. The minimum atomic E-state index is 0.144. The lowest BCUT2D eigenvalue weighted by Crippen LogP contribution is -2.28. The second-order valence-electron chi connectivity index (χ2n) is 3.77. The molecule has 0 amide bonds. The van der Waals surface area contributed by atoms with Crippen molar-refractivity contribution in [1.82, 2.24) is 14.5 Å². The normalized spacial score (nSPS) is 16.1. The summed E-state index contributed by atoms with van der Waals surface area (Å²) in [5.74, 6) is 0. The predicted molar refractivity (Wildman–Crippen MR) is 55.5 cm³/mol. The van der Waals surface area contributed by atoms with E-state index in [9.17, 15) is 4.79 Å². The fraction of sp³-hybridized carbons (Fsp3) is 0.700. The molecule has 14 heavy (non-hydrogen) atoms. The van der Waals surface area contributed by atoms with Crippen LogP contribution < -0.4 is 11.0 Å². The Labute approximate surface area is 83.5 Å². The molecule has 1 aliphatic carbocycles. The molecule has 1 fully saturated rings. The van der Waals surface area contributed by atoms with Gasteiger partial charge in [-0.25, -0.2) is 4.79 Å². The highest BCUT2D eigenvalue weighted by molar-refractivity contribution is 4.91. The van der Waals surface area contributed by atoms with Crippen LogP contribution in [0.4, 0.5) is 0 Å². The third-order valence-electron chi connectivity index (χ3n) is 2.59. The first-order valence-corrected chi connectivity index (χ1v) is 5.31. The van der Waals surface area contributed by atoms with Gasteiger partial charge in [-0.3, -0.25) is 9.13 Å². The van der Waals surface area contributed by atoms with Crippen molar-refractivity contribution in [3.8, 4) is 0 Å². The van der Waals surface area contributed by atoms with Crippen LogP contribution in [0.25, 0.3) is 0 Å². The van der Waals surface area contributed by atoms with E-state index in [-0.39, 0.29) is 5.69 Å². The summed E-state index contributed by atoms with van der Waals surface area (Å²) in [5, 5.41) is 3.21. The lowest BCUT2D eigenvalue weighted by atomic mass is 10.6. The summed E-state index contributed by atoms with van der Waals surface area (Å²) in [4.78, 5) is 11.7. The van der Waals surface area contributed by atoms with E-state index in [1.165, 1.54) is 0 Å². The van der Waals surface area contributed by atoms with Gasteiger partial charge >= 0.3 is 5.69 Å². The summed E-state index contributed by atoms with van der Waals surface area (Å²) in [6.07, 6.45) is 6.12. The molecule has 1 heterocycles. The molecule has 1 aromatic heterocycles. The molecule has 0 atom stereocenters. The Hall–Kier alpha value is -1.03. The van der Waals surface area contributed by atoms with E-state index in [0.29, 0.717) is 6.04 Å². The Kier molecular flexibility index (Phi) is 2.72. The minimum Gasteiger partial charge on any atom is -0.315 e. The van der Waals surface area contributed by atoms with Crippen LogP contribution in [0.1, 0.15) is 25.8 Å². The summed E-state index contributed by atoms with van der Waals surface area (Å²) in [6, 6.07) is 0.489. The summed E-state index contributed by atoms with van der Waals surface area (Å²) >= 11 is 0. The topological polar surface area (TPSA) is 39.0 Å². The Morgan fingerprint density at radius 2 is 2.29 bits per heavy atom. The first kappa shape index (κ1) is 9.52. The maximum atomic E-state index is 11.7. The van der Waals surface area contributed by atoms with Crippen molar-refractivity contribution in [3.63, 3.8) is 0 Å². The molecule has 1 aliphatic rings. The van der Waals surface area contributed by atoms with E-state index in [4.69, 9.17) is 0 Å². The van der Waals surface area contributed by atoms with Crippen molar-refractivity contribution < 1.29 is 0 Å². The molecule has 4 nitrogen and oxygen atoms in total. The molecule has 1 aromatic rings. The van der Waals surface area contributed by atoms with Crippen molar-refractivity contribution in [2.75, 3.05) is 13.1 Å². The Bertz CT molecular complexity index is 348. The average Bonchev–Trinajstić information content (AvgIpc) is 2.95. The van der Waals surface area contributed by atoms with E-state index < -0.39 is 0 Å². The van der Waals surface area contributed by atoms with Crippen LogP contribution in [0.2, 0.25) is 0 Å². The highest BCUT2D eigenvalue weighted by Crippen LogP contribution is 2.33. The SMILES string of the molecule is CCNCCn1ccn(C2CC2)c1=O. The molecular formula is C10H17N3O. The van der Waals surface area contributed by atoms with Gasteiger partial charge in [0.25, 0.3) is 0 Å². The largest absolute Gasteiger partial charge is 0.328 e. The summed E-state index contributed by atoms with van der Waals surface area (Å²) in [6.45, 7) is 4.66. The molecule has 0 unspecified atom stereocenters. The van der Waals surface area contributed by atoms with Crippen molar-refractivity contribution >= 4 is 0 Å². The molecule has 1 saturated carbocycles. The van der Waals surface area contributed by atoms with Crippen LogP contribution in [0.5, 0.6) is 0 Å². The first-order chi connectivity index (χ1) is 6.83. The fourth-order valence-electron chi connectivity index (χ4n) is 1.61. The highest BCUT2D eigenvalue weighted by atomic mass is 16.1. The molecule has 78 valence electrons. The molecule has 0 spiro atoms. The lowest BCUT2D eigenvalue weighted by Gasteiger charge is -2.01. The second-order valence-corrected chi connectivity index (χ2v) is 3.77. The van der Waals surface area contributed by atoms with Gasteiger partial charge < -0.3 is 5.32 Å². The number of hydrogen-bond donors (Lipinski definition) is 1. The Balaban J connectivity index is 2.00. The van der Waals surface area contributed by atoms with E-state index in [1.807, 2.05) is 17.0 Å². The Morgan fingerprint density at radius 1 is 1.50 bits per heavy atom. The quantitative estimate of drug-likeness (QED) is 0.699. The van der Waals surface area contributed by atoms with Crippen LogP contribution >= 0.6 is 0 Å².